The van der Waals surface area contributed by atoms with Crippen molar-refractivity contribution >= 4 is 45.8 Å². The number of carbonyl (C=O) groups excluding carboxylic acids is 1. The van der Waals surface area contributed by atoms with Crippen LogP contribution in [0, 0.1) is 0 Å². The molecule has 0 spiro atoms. The third-order valence-electron chi connectivity index (χ3n) is 5.10. The number of halogens is 2. The minimum absolute atomic E-state index is 0.139. The van der Waals surface area contributed by atoms with Gasteiger partial charge in [0.1, 0.15) is 11.3 Å². The number of nitrogens with one attached hydrogen (secondary N) is 1. The largest absolute Gasteiger partial charge is 0.451 e. The molecule has 7 heteroatoms. The van der Waals surface area contributed by atoms with Crippen LogP contribution in [0.5, 0.6) is 0 Å². The van der Waals surface area contributed by atoms with Crippen LogP contribution in [0.25, 0.3) is 33.4 Å². The Bertz CT molecular complexity index is 1570. The molecule has 0 radical (unpaired) electrons. The van der Waals surface area contributed by atoms with Crippen molar-refractivity contribution in [1.29, 1.82) is 0 Å². The van der Waals surface area contributed by atoms with E-state index in [0.29, 0.717) is 38.2 Å². The van der Waals surface area contributed by atoms with E-state index < -0.39 is 11.5 Å². The zero-order valence-electron chi connectivity index (χ0n) is 17.0. The number of furan rings is 1. The maximum absolute atomic E-state index is 12.7. The summed E-state index contributed by atoms with van der Waals surface area (Å²) in [5, 5.41) is 4.41. The lowest BCUT2D eigenvalue weighted by molar-refractivity contribution is 0.0997. The van der Waals surface area contributed by atoms with E-state index in [1.165, 1.54) is 0 Å². The second-order valence-electron chi connectivity index (χ2n) is 7.31. The minimum Gasteiger partial charge on any atom is -0.451 e. The molecule has 0 bridgehead atoms. The maximum atomic E-state index is 12.7. The predicted octanol–water partition coefficient (Wildman–Crippen LogP) is 7.28. The summed E-state index contributed by atoms with van der Waals surface area (Å²) in [4.78, 5) is 25.1. The molecule has 33 heavy (non-hydrogen) atoms. The van der Waals surface area contributed by atoms with E-state index in [2.05, 4.69) is 5.32 Å². The van der Waals surface area contributed by atoms with Gasteiger partial charge in [0.05, 0.1) is 10.6 Å². The Hall–Kier alpha value is -3.80. The van der Waals surface area contributed by atoms with E-state index in [-0.39, 0.29) is 5.76 Å². The van der Waals surface area contributed by atoms with E-state index in [4.69, 9.17) is 32.0 Å². The summed E-state index contributed by atoms with van der Waals surface area (Å²) in [7, 11) is 0. The number of anilines is 1. The molecule has 0 aliphatic heterocycles. The topological polar surface area (TPSA) is 72.5 Å². The third kappa shape index (κ3) is 4.29. The molecular formula is C26H15Cl2NO4. The molecule has 5 aromatic rings. The number of carbonyl (C=O) groups is 1. The van der Waals surface area contributed by atoms with Gasteiger partial charge in [0.2, 0.25) is 0 Å². The van der Waals surface area contributed by atoms with Crippen LogP contribution in [0.4, 0.5) is 5.69 Å². The van der Waals surface area contributed by atoms with Crippen LogP contribution >= 0.6 is 23.2 Å². The Morgan fingerprint density at radius 2 is 1.64 bits per heavy atom. The van der Waals surface area contributed by atoms with Gasteiger partial charge in [0, 0.05) is 27.2 Å². The van der Waals surface area contributed by atoms with Crippen molar-refractivity contribution in [3.8, 4) is 22.5 Å². The Kier molecular flexibility index (Phi) is 5.50. The number of benzene rings is 3. The quantitative estimate of drug-likeness (QED) is 0.277. The average Bonchev–Trinajstić information content (AvgIpc) is 3.30. The molecule has 1 N–H and O–H groups in total. The molecule has 0 saturated heterocycles. The van der Waals surface area contributed by atoms with E-state index in [0.717, 1.165) is 10.9 Å². The summed E-state index contributed by atoms with van der Waals surface area (Å²) in [6.45, 7) is 0. The van der Waals surface area contributed by atoms with Gasteiger partial charge in [-0.1, -0.05) is 59.6 Å². The van der Waals surface area contributed by atoms with E-state index in [9.17, 15) is 9.59 Å². The van der Waals surface area contributed by atoms with Crippen LogP contribution in [0.2, 0.25) is 10.0 Å². The van der Waals surface area contributed by atoms with Gasteiger partial charge in [-0.25, -0.2) is 4.79 Å². The van der Waals surface area contributed by atoms with E-state index >= 15 is 0 Å². The zero-order chi connectivity index (χ0) is 22.9. The second kappa shape index (κ2) is 8.62. The molecule has 5 nitrogen and oxygen atoms in total. The number of fused-ring (bicyclic) bond motifs is 1. The summed E-state index contributed by atoms with van der Waals surface area (Å²) < 4.78 is 11.1. The minimum atomic E-state index is -0.489. The molecule has 5 rings (SSSR count). The summed E-state index contributed by atoms with van der Waals surface area (Å²) in [6, 6.07) is 24.3. The van der Waals surface area contributed by atoms with Crippen LogP contribution in [0.3, 0.4) is 0 Å². The normalized spacial score (nSPS) is 11.0. The number of hydrogen-bond acceptors (Lipinski definition) is 4. The monoisotopic (exact) mass is 475 g/mol. The van der Waals surface area contributed by atoms with Gasteiger partial charge in [-0.2, -0.15) is 0 Å². The SMILES string of the molecule is O=C(Nc1ccc(-c2cc3ccccc3oc2=O)c(Cl)c1)c1ccc(-c2cccc(Cl)c2)o1. The molecule has 2 aromatic heterocycles. The van der Waals surface area contributed by atoms with Gasteiger partial charge in [-0.3, -0.25) is 4.79 Å². The van der Waals surface area contributed by atoms with E-state index in [1.54, 1.807) is 66.7 Å². The lowest BCUT2D eigenvalue weighted by atomic mass is 10.1. The summed E-state index contributed by atoms with van der Waals surface area (Å²) in [6.07, 6.45) is 0. The van der Waals surface area contributed by atoms with Crippen molar-refractivity contribution in [2.24, 2.45) is 0 Å². The molecule has 1 amide bonds. The first-order chi connectivity index (χ1) is 16.0. The average molecular weight is 476 g/mol. The first-order valence-electron chi connectivity index (χ1n) is 9.98. The van der Waals surface area contributed by atoms with Gasteiger partial charge in [0.25, 0.3) is 5.91 Å². The number of amides is 1. The van der Waals surface area contributed by atoms with Gasteiger partial charge in [0.15, 0.2) is 5.76 Å². The van der Waals surface area contributed by atoms with E-state index in [1.807, 2.05) is 18.2 Å². The molecule has 3 aromatic carbocycles. The second-order valence-corrected chi connectivity index (χ2v) is 8.15. The van der Waals surface area contributed by atoms with Gasteiger partial charge < -0.3 is 14.2 Å². The highest BCUT2D eigenvalue weighted by Gasteiger charge is 2.15. The first-order valence-corrected chi connectivity index (χ1v) is 10.7. The molecule has 0 atom stereocenters. The molecule has 0 unspecified atom stereocenters. The molecule has 2 heterocycles. The molecule has 0 aliphatic carbocycles. The lowest BCUT2D eigenvalue weighted by Gasteiger charge is -2.08. The van der Waals surface area contributed by atoms with Crippen molar-refractivity contribution in [3.63, 3.8) is 0 Å². The fraction of sp³-hybridized carbons (Fsp3) is 0. The maximum Gasteiger partial charge on any atom is 0.344 e. The molecule has 0 aliphatic rings. The Morgan fingerprint density at radius 3 is 2.45 bits per heavy atom. The Morgan fingerprint density at radius 1 is 0.788 bits per heavy atom. The zero-order valence-corrected chi connectivity index (χ0v) is 18.5. The number of hydrogen-bond donors (Lipinski definition) is 1. The highest BCUT2D eigenvalue weighted by Crippen LogP contribution is 2.31. The van der Waals surface area contributed by atoms with Crippen LogP contribution in [0.1, 0.15) is 10.6 Å². The predicted molar refractivity (Wildman–Crippen MR) is 130 cm³/mol. The molecule has 0 saturated carbocycles. The smallest absolute Gasteiger partial charge is 0.344 e. The van der Waals surface area contributed by atoms with Crippen LogP contribution < -0.4 is 10.9 Å². The van der Waals surface area contributed by atoms with Crippen molar-refractivity contribution in [3.05, 3.63) is 111 Å². The first kappa shape index (κ1) is 21.1. The fourth-order valence-electron chi connectivity index (χ4n) is 3.51. The summed E-state index contributed by atoms with van der Waals surface area (Å²) >= 11 is 12.5. The number of rotatable bonds is 4. The molecule has 0 fully saturated rings. The van der Waals surface area contributed by atoms with Crippen LogP contribution in [0.15, 0.2) is 98.6 Å². The highest BCUT2D eigenvalue weighted by molar-refractivity contribution is 6.33. The third-order valence-corrected chi connectivity index (χ3v) is 5.65. The Labute approximate surface area is 198 Å². The highest BCUT2D eigenvalue weighted by atomic mass is 35.5. The van der Waals surface area contributed by atoms with Crippen molar-refractivity contribution in [2.45, 2.75) is 0 Å². The molecular weight excluding hydrogens is 461 g/mol. The number of para-hydroxylation sites is 1. The molecule has 162 valence electrons. The van der Waals surface area contributed by atoms with Crippen molar-refractivity contribution in [1.82, 2.24) is 0 Å². The van der Waals surface area contributed by atoms with Crippen molar-refractivity contribution in [2.75, 3.05) is 5.32 Å². The standard InChI is InChI=1S/C26H15Cl2NO4/c27-17-6-3-5-15(12-17)23-10-11-24(32-23)25(30)29-18-8-9-19(21(28)14-18)20-13-16-4-1-2-7-22(16)33-26(20)31/h1-14H,(H,29,30). The van der Waals surface area contributed by atoms with Gasteiger partial charge >= 0.3 is 5.63 Å². The van der Waals surface area contributed by atoms with Gasteiger partial charge in [-0.05, 0) is 48.5 Å². The van der Waals surface area contributed by atoms with Gasteiger partial charge in [-0.15, -0.1) is 0 Å². The fourth-order valence-corrected chi connectivity index (χ4v) is 3.98. The van der Waals surface area contributed by atoms with Crippen molar-refractivity contribution < 1.29 is 13.6 Å². The lowest BCUT2D eigenvalue weighted by Crippen LogP contribution is -2.11. The summed E-state index contributed by atoms with van der Waals surface area (Å²) in [5.41, 5.74) is 2.09. The summed E-state index contributed by atoms with van der Waals surface area (Å²) in [5.74, 6) is 0.233. The van der Waals surface area contributed by atoms with Crippen LogP contribution in [-0.4, -0.2) is 5.91 Å². The van der Waals surface area contributed by atoms with Crippen LogP contribution in [-0.2, 0) is 0 Å². The Balaban J connectivity index is 1.39.